The number of methoxy groups -OCH3 is 1. The number of rotatable bonds is 10. The molecule has 1 atom stereocenters. The van der Waals surface area contributed by atoms with E-state index in [4.69, 9.17) is 9.47 Å². The highest BCUT2D eigenvalue weighted by Crippen LogP contribution is 2.19. The van der Waals surface area contributed by atoms with E-state index in [9.17, 15) is 9.59 Å². The van der Waals surface area contributed by atoms with Gasteiger partial charge in [0, 0.05) is 31.7 Å². The lowest BCUT2D eigenvalue weighted by molar-refractivity contribution is -0.133. The molecule has 1 aromatic rings. The van der Waals surface area contributed by atoms with Gasteiger partial charge in [0.05, 0.1) is 32.3 Å². The van der Waals surface area contributed by atoms with Gasteiger partial charge in [-0.3, -0.25) is 14.5 Å². The number of hydrogen-bond acceptors (Lipinski definition) is 5. The second-order valence-electron chi connectivity index (χ2n) is 6.92. The van der Waals surface area contributed by atoms with Gasteiger partial charge in [-0.25, -0.2) is 0 Å². The van der Waals surface area contributed by atoms with Crippen molar-refractivity contribution in [3.63, 3.8) is 0 Å². The van der Waals surface area contributed by atoms with Gasteiger partial charge in [-0.1, -0.05) is 30.4 Å². The third-order valence-corrected chi connectivity index (χ3v) is 4.47. The van der Waals surface area contributed by atoms with Crippen LogP contribution in [-0.4, -0.2) is 68.8 Å². The van der Waals surface area contributed by atoms with Gasteiger partial charge < -0.3 is 20.1 Å². The summed E-state index contributed by atoms with van der Waals surface area (Å²) < 4.78 is 10.8. The summed E-state index contributed by atoms with van der Waals surface area (Å²) in [6.07, 6.45) is 4.24. The van der Waals surface area contributed by atoms with Gasteiger partial charge in [-0.15, -0.1) is 0 Å². The van der Waals surface area contributed by atoms with Crippen molar-refractivity contribution in [2.24, 2.45) is 0 Å². The highest BCUT2D eigenvalue weighted by atomic mass is 16.5. The molecule has 2 rings (SSSR count). The summed E-state index contributed by atoms with van der Waals surface area (Å²) in [6, 6.07) is 7.28. The third-order valence-electron chi connectivity index (χ3n) is 4.47. The first kappa shape index (κ1) is 21.9. The predicted octanol–water partition coefficient (Wildman–Crippen LogP) is 1.44. The lowest BCUT2D eigenvalue weighted by Gasteiger charge is -2.33. The molecule has 0 aromatic heterocycles. The van der Waals surface area contributed by atoms with Crippen LogP contribution in [0.1, 0.15) is 25.8 Å². The number of nitrogens with one attached hydrogen (secondary N) is 2. The first-order valence-corrected chi connectivity index (χ1v) is 9.71. The van der Waals surface area contributed by atoms with E-state index in [1.165, 1.54) is 0 Å². The van der Waals surface area contributed by atoms with E-state index in [0.717, 1.165) is 11.3 Å². The Morgan fingerprint density at radius 2 is 2.18 bits per heavy atom. The predicted molar refractivity (Wildman–Crippen MR) is 109 cm³/mol. The fourth-order valence-corrected chi connectivity index (χ4v) is 3.05. The Hall–Kier alpha value is -2.38. The molecular weight excluding hydrogens is 358 g/mol. The molecular formula is C21H31N3O4. The van der Waals surface area contributed by atoms with E-state index in [-0.39, 0.29) is 24.3 Å². The summed E-state index contributed by atoms with van der Waals surface area (Å²) in [6.45, 7) is 6.68. The zero-order valence-corrected chi connectivity index (χ0v) is 16.9. The molecule has 2 amide bonds. The molecule has 1 saturated heterocycles. The fraction of sp³-hybridized carbons (Fsp3) is 0.524. The van der Waals surface area contributed by atoms with Crippen LogP contribution in [0.15, 0.2) is 30.3 Å². The van der Waals surface area contributed by atoms with Crippen LogP contribution in [0.2, 0.25) is 0 Å². The summed E-state index contributed by atoms with van der Waals surface area (Å²) in [5.74, 6) is 0.549. The van der Waals surface area contributed by atoms with Crippen LogP contribution in [0.5, 0.6) is 5.75 Å². The van der Waals surface area contributed by atoms with Crippen LogP contribution in [-0.2, 0) is 14.3 Å². The maximum absolute atomic E-state index is 12.3. The minimum Gasteiger partial charge on any atom is -0.496 e. The number of piperazine rings is 1. The summed E-state index contributed by atoms with van der Waals surface area (Å²) >= 11 is 0. The van der Waals surface area contributed by atoms with E-state index in [2.05, 4.69) is 10.6 Å². The molecule has 2 N–H and O–H groups in total. The monoisotopic (exact) mass is 389 g/mol. The molecule has 0 radical (unpaired) electrons. The zero-order valence-electron chi connectivity index (χ0n) is 16.9. The van der Waals surface area contributed by atoms with Crippen molar-refractivity contribution < 1.29 is 19.1 Å². The van der Waals surface area contributed by atoms with E-state index >= 15 is 0 Å². The smallest absolute Gasteiger partial charge is 0.237 e. The van der Waals surface area contributed by atoms with Gasteiger partial charge in [0.1, 0.15) is 5.75 Å². The Labute approximate surface area is 167 Å². The molecule has 1 unspecified atom stereocenters. The summed E-state index contributed by atoms with van der Waals surface area (Å²) in [7, 11) is 1.64. The van der Waals surface area contributed by atoms with E-state index in [1.807, 2.05) is 55.2 Å². The molecule has 0 saturated carbocycles. The van der Waals surface area contributed by atoms with Crippen LogP contribution in [0.3, 0.4) is 0 Å². The molecule has 1 aromatic carbocycles. The van der Waals surface area contributed by atoms with Gasteiger partial charge in [0.25, 0.3) is 0 Å². The summed E-state index contributed by atoms with van der Waals surface area (Å²) in [4.78, 5) is 26.5. The Kier molecular flexibility index (Phi) is 8.97. The number of carbonyl (C=O) groups is 2. The van der Waals surface area contributed by atoms with E-state index < -0.39 is 6.04 Å². The molecule has 1 heterocycles. The molecule has 1 aliphatic heterocycles. The van der Waals surface area contributed by atoms with Gasteiger partial charge in [-0.2, -0.15) is 0 Å². The average Bonchev–Trinajstić information content (AvgIpc) is 2.68. The van der Waals surface area contributed by atoms with Crippen molar-refractivity contribution in [2.45, 2.75) is 32.4 Å². The second kappa shape index (κ2) is 11.5. The highest BCUT2D eigenvalue weighted by molar-refractivity contribution is 5.88. The SMILES string of the molecule is COc1ccccc1/C=C/CN1CCNC(=O)C1CC(=O)NCCOC(C)C. The molecule has 1 aliphatic rings. The van der Waals surface area contributed by atoms with Gasteiger partial charge in [0.15, 0.2) is 0 Å². The summed E-state index contributed by atoms with van der Waals surface area (Å²) in [5, 5.41) is 5.66. The average molecular weight is 389 g/mol. The second-order valence-corrected chi connectivity index (χ2v) is 6.92. The standard InChI is InChI=1S/C21H31N3O4/c1-16(2)28-14-11-22-20(25)15-18-21(26)23-10-13-24(18)12-6-8-17-7-4-5-9-19(17)27-3/h4-9,16,18H,10-15H2,1-3H3,(H,22,25)(H,23,26)/b8-6+. The van der Waals surface area contributed by atoms with Gasteiger partial charge in [-0.05, 0) is 19.9 Å². The molecule has 0 bridgehead atoms. The van der Waals surface area contributed by atoms with Crippen molar-refractivity contribution in [1.82, 2.24) is 15.5 Å². The molecule has 28 heavy (non-hydrogen) atoms. The molecule has 0 spiro atoms. The number of ether oxygens (including phenoxy) is 2. The Morgan fingerprint density at radius 3 is 2.93 bits per heavy atom. The number of nitrogens with zero attached hydrogens (tertiary/aromatic N) is 1. The van der Waals surface area contributed by atoms with E-state index in [1.54, 1.807) is 7.11 Å². The van der Waals surface area contributed by atoms with Crippen molar-refractivity contribution in [1.29, 1.82) is 0 Å². The lowest BCUT2D eigenvalue weighted by atomic mass is 10.1. The van der Waals surface area contributed by atoms with Crippen LogP contribution in [0.4, 0.5) is 0 Å². The fourth-order valence-electron chi connectivity index (χ4n) is 3.05. The molecule has 0 aliphatic carbocycles. The first-order chi connectivity index (χ1) is 13.5. The minimum atomic E-state index is -0.470. The van der Waals surface area contributed by atoms with Crippen LogP contribution < -0.4 is 15.4 Å². The van der Waals surface area contributed by atoms with Crippen molar-refractivity contribution in [3.8, 4) is 5.75 Å². The minimum absolute atomic E-state index is 0.106. The Bertz CT molecular complexity index is 675. The summed E-state index contributed by atoms with van der Waals surface area (Å²) in [5.41, 5.74) is 0.978. The normalized spacial score (nSPS) is 17.7. The first-order valence-electron chi connectivity index (χ1n) is 9.71. The number of para-hydroxylation sites is 1. The number of benzene rings is 1. The zero-order chi connectivity index (χ0) is 20.4. The maximum Gasteiger partial charge on any atom is 0.237 e. The van der Waals surface area contributed by atoms with Crippen molar-refractivity contribution in [3.05, 3.63) is 35.9 Å². The topological polar surface area (TPSA) is 79.9 Å². The highest BCUT2D eigenvalue weighted by Gasteiger charge is 2.30. The van der Waals surface area contributed by atoms with Crippen molar-refractivity contribution in [2.75, 3.05) is 39.9 Å². The Morgan fingerprint density at radius 1 is 1.39 bits per heavy atom. The number of carbonyl (C=O) groups excluding carboxylic acids is 2. The van der Waals surface area contributed by atoms with Crippen LogP contribution in [0.25, 0.3) is 6.08 Å². The Balaban J connectivity index is 1.89. The van der Waals surface area contributed by atoms with Gasteiger partial charge in [0.2, 0.25) is 11.8 Å². The molecule has 1 fully saturated rings. The number of amides is 2. The van der Waals surface area contributed by atoms with Gasteiger partial charge >= 0.3 is 0 Å². The number of hydrogen-bond donors (Lipinski definition) is 2. The van der Waals surface area contributed by atoms with Crippen LogP contribution in [0, 0.1) is 0 Å². The quantitative estimate of drug-likeness (QED) is 0.592. The van der Waals surface area contributed by atoms with Crippen LogP contribution >= 0.6 is 0 Å². The molecule has 154 valence electrons. The molecule has 7 heteroatoms. The molecule has 7 nitrogen and oxygen atoms in total. The lowest BCUT2D eigenvalue weighted by Crippen LogP contribution is -2.56. The third kappa shape index (κ3) is 6.98. The largest absolute Gasteiger partial charge is 0.496 e. The van der Waals surface area contributed by atoms with E-state index in [0.29, 0.717) is 32.8 Å². The maximum atomic E-state index is 12.3. The van der Waals surface area contributed by atoms with Crippen molar-refractivity contribution >= 4 is 17.9 Å².